The molecule has 0 amide bonds. The quantitative estimate of drug-likeness (QED) is 0.662. The Morgan fingerprint density at radius 2 is 2.22 bits per heavy atom. The number of aromatic nitrogens is 2. The minimum Gasteiger partial charge on any atom is -0.399 e. The molecule has 0 fully saturated rings. The van der Waals surface area contributed by atoms with E-state index in [9.17, 15) is 0 Å². The van der Waals surface area contributed by atoms with Gasteiger partial charge in [0.2, 0.25) is 0 Å². The molecular formula is C13H17N3OS. The van der Waals surface area contributed by atoms with Crippen molar-refractivity contribution in [1.82, 2.24) is 10.1 Å². The van der Waals surface area contributed by atoms with Crippen LogP contribution in [0.25, 0.3) is 11.5 Å². The highest BCUT2D eigenvalue weighted by Gasteiger charge is 2.11. The maximum absolute atomic E-state index is 5.72. The van der Waals surface area contributed by atoms with Gasteiger partial charge in [0.1, 0.15) is 0 Å². The fourth-order valence-electron chi connectivity index (χ4n) is 1.66. The SMILES string of the molecule is CCCSCc1noc(-c2ccc(N)cc2C)n1. The van der Waals surface area contributed by atoms with E-state index in [1.807, 2.05) is 36.9 Å². The summed E-state index contributed by atoms with van der Waals surface area (Å²) < 4.78 is 5.29. The van der Waals surface area contributed by atoms with Crippen LogP contribution in [-0.2, 0) is 5.75 Å². The van der Waals surface area contributed by atoms with E-state index in [2.05, 4.69) is 17.1 Å². The molecule has 2 rings (SSSR count). The summed E-state index contributed by atoms with van der Waals surface area (Å²) in [6.07, 6.45) is 1.16. The molecule has 1 heterocycles. The van der Waals surface area contributed by atoms with Crippen LogP contribution >= 0.6 is 11.8 Å². The molecule has 2 aromatic rings. The second kappa shape index (κ2) is 5.91. The van der Waals surface area contributed by atoms with Crippen LogP contribution in [0.15, 0.2) is 22.7 Å². The Kier molecular flexibility index (Phi) is 4.25. The lowest BCUT2D eigenvalue weighted by molar-refractivity contribution is 0.425. The summed E-state index contributed by atoms with van der Waals surface area (Å²) >= 11 is 1.82. The van der Waals surface area contributed by atoms with Crippen molar-refractivity contribution in [2.75, 3.05) is 11.5 Å². The van der Waals surface area contributed by atoms with Crippen molar-refractivity contribution in [2.45, 2.75) is 26.0 Å². The number of hydrogen-bond acceptors (Lipinski definition) is 5. The lowest BCUT2D eigenvalue weighted by Crippen LogP contribution is -1.89. The smallest absolute Gasteiger partial charge is 0.258 e. The van der Waals surface area contributed by atoms with Gasteiger partial charge >= 0.3 is 0 Å². The number of anilines is 1. The van der Waals surface area contributed by atoms with Crippen LogP contribution in [0.5, 0.6) is 0 Å². The third kappa shape index (κ3) is 3.04. The van der Waals surface area contributed by atoms with Crippen molar-refractivity contribution in [1.29, 1.82) is 0 Å². The molecule has 0 unspecified atom stereocenters. The summed E-state index contributed by atoms with van der Waals surface area (Å²) in [7, 11) is 0. The minimum absolute atomic E-state index is 0.569. The summed E-state index contributed by atoms with van der Waals surface area (Å²) in [5, 5.41) is 3.99. The number of thioether (sulfide) groups is 1. The van der Waals surface area contributed by atoms with Gasteiger partial charge in [0.05, 0.1) is 5.75 Å². The van der Waals surface area contributed by atoms with Gasteiger partial charge in [-0.25, -0.2) is 0 Å². The Morgan fingerprint density at radius 3 is 2.94 bits per heavy atom. The minimum atomic E-state index is 0.569. The number of benzene rings is 1. The van der Waals surface area contributed by atoms with Crippen molar-refractivity contribution in [3.63, 3.8) is 0 Å². The summed E-state index contributed by atoms with van der Waals surface area (Å²) in [6, 6.07) is 5.67. The molecule has 0 radical (unpaired) electrons. The van der Waals surface area contributed by atoms with Gasteiger partial charge in [-0.1, -0.05) is 12.1 Å². The maximum Gasteiger partial charge on any atom is 0.258 e. The molecule has 2 N–H and O–H groups in total. The van der Waals surface area contributed by atoms with Gasteiger partial charge in [0.25, 0.3) is 5.89 Å². The molecule has 0 aliphatic heterocycles. The zero-order valence-electron chi connectivity index (χ0n) is 10.6. The van der Waals surface area contributed by atoms with E-state index in [1.165, 1.54) is 0 Å². The molecule has 1 aromatic heterocycles. The molecule has 0 saturated carbocycles. The molecule has 0 spiro atoms. The Labute approximate surface area is 111 Å². The standard InChI is InChI=1S/C13H17N3OS/c1-3-6-18-8-12-15-13(17-16-12)11-5-4-10(14)7-9(11)2/h4-5,7H,3,6,8,14H2,1-2H3. The first kappa shape index (κ1) is 13.0. The largest absolute Gasteiger partial charge is 0.399 e. The van der Waals surface area contributed by atoms with Gasteiger partial charge in [-0.3, -0.25) is 0 Å². The molecule has 1 aromatic carbocycles. The third-order valence-electron chi connectivity index (χ3n) is 2.53. The average molecular weight is 263 g/mol. The maximum atomic E-state index is 5.72. The lowest BCUT2D eigenvalue weighted by atomic mass is 10.1. The highest BCUT2D eigenvalue weighted by molar-refractivity contribution is 7.98. The van der Waals surface area contributed by atoms with Crippen molar-refractivity contribution >= 4 is 17.4 Å². The van der Waals surface area contributed by atoms with Crippen LogP contribution in [0.2, 0.25) is 0 Å². The zero-order chi connectivity index (χ0) is 13.0. The van der Waals surface area contributed by atoms with Crippen LogP contribution in [-0.4, -0.2) is 15.9 Å². The molecule has 4 nitrogen and oxygen atoms in total. The predicted octanol–water partition coefficient (Wildman–Crippen LogP) is 3.27. The first-order valence-corrected chi connectivity index (χ1v) is 7.13. The number of nitrogens with zero attached hydrogens (tertiary/aromatic N) is 2. The van der Waals surface area contributed by atoms with Gasteiger partial charge in [0, 0.05) is 11.3 Å². The van der Waals surface area contributed by atoms with E-state index >= 15 is 0 Å². The third-order valence-corrected chi connectivity index (χ3v) is 3.69. The molecule has 18 heavy (non-hydrogen) atoms. The van der Waals surface area contributed by atoms with Crippen molar-refractivity contribution in [2.24, 2.45) is 0 Å². The van der Waals surface area contributed by atoms with Crippen LogP contribution < -0.4 is 5.73 Å². The van der Waals surface area contributed by atoms with E-state index in [4.69, 9.17) is 10.3 Å². The molecule has 0 atom stereocenters. The number of nitrogen functional groups attached to an aromatic ring is 1. The average Bonchev–Trinajstić information content (AvgIpc) is 2.78. The van der Waals surface area contributed by atoms with Gasteiger partial charge in [-0.2, -0.15) is 16.7 Å². The first-order valence-electron chi connectivity index (χ1n) is 5.97. The Balaban J connectivity index is 2.13. The summed E-state index contributed by atoms with van der Waals surface area (Å²) in [5.74, 6) is 3.23. The number of rotatable bonds is 5. The van der Waals surface area contributed by atoms with E-state index < -0.39 is 0 Å². The van der Waals surface area contributed by atoms with Gasteiger partial charge in [0.15, 0.2) is 5.82 Å². The van der Waals surface area contributed by atoms with Crippen molar-refractivity contribution < 1.29 is 4.52 Å². The molecule has 0 saturated heterocycles. The highest BCUT2D eigenvalue weighted by atomic mass is 32.2. The summed E-state index contributed by atoms with van der Waals surface area (Å²) in [5.41, 5.74) is 8.46. The van der Waals surface area contributed by atoms with E-state index in [1.54, 1.807) is 0 Å². The summed E-state index contributed by atoms with van der Waals surface area (Å²) in [4.78, 5) is 4.40. The van der Waals surface area contributed by atoms with Gasteiger partial charge in [-0.05, 0) is 42.9 Å². The Bertz CT molecular complexity index is 525. The predicted molar refractivity (Wildman–Crippen MR) is 75.3 cm³/mol. The number of aryl methyl sites for hydroxylation is 1. The second-order valence-corrected chi connectivity index (χ2v) is 5.25. The van der Waals surface area contributed by atoms with Gasteiger partial charge in [-0.15, -0.1) is 0 Å². The second-order valence-electron chi connectivity index (χ2n) is 4.14. The summed E-state index contributed by atoms with van der Waals surface area (Å²) in [6.45, 7) is 4.15. The van der Waals surface area contributed by atoms with Crippen molar-refractivity contribution in [3.8, 4) is 11.5 Å². The molecule has 0 aliphatic rings. The Hall–Kier alpha value is -1.49. The fraction of sp³-hybridized carbons (Fsp3) is 0.385. The monoisotopic (exact) mass is 263 g/mol. The number of hydrogen-bond donors (Lipinski definition) is 1. The van der Waals surface area contributed by atoms with Crippen molar-refractivity contribution in [3.05, 3.63) is 29.6 Å². The van der Waals surface area contributed by atoms with E-state index in [0.29, 0.717) is 5.89 Å². The fourth-order valence-corrected chi connectivity index (χ4v) is 2.39. The van der Waals surface area contributed by atoms with Crippen LogP contribution in [0.3, 0.4) is 0 Å². The van der Waals surface area contributed by atoms with Crippen LogP contribution in [0, 0.1) is 6.92 Å². The molecular weight excluding hydrogens is 246 g/mol. The van der Waals surface area contributed by atoms with E-state index in [-0.39, 0.29) is 0 Å². The van der Waals surface area contributed by atoms with Crippen LogP contribution in [0.4, 0.5) is 5.69 Å². The lowest BCUT2D eigenvalue weighted by Gasteiger charge is -2.01. The molecule has 0 aliphatic carbocycles. The van der Waals surface area contributed by atoms with Gasteiger partial charge < -0.3 is 10.3 Å². The number of nitrogens with two attached hydrogens (primary N) is 1. The highest BCUT2D eigenvalue weighted by Crippen LogP contribution is 2.24. The first-order chi connectivity index (χ1) is 8.70. The Morgan fingerprint density at radius 1 is 1.39 bits per heavy atom. The van der Waals surface area contributed by atoms with Crippen LogP contribution in [0.1, 0.15) is 24.7 Å². The normalized spacial score (nSPS) is 10.8. The van der Waals surface area contributed by atoms with E-state index in [0.717, 1.165) is 40.6 Å². The topological polar surface area (TPSA) is 64.9 Å². The molecule has 5 heteroatoms. The zero-order valence-corrected chi connectivity index (χ0v) is 11.5. The molecule has 0 bridgehead atoms. The molecule has 96 valence electrons.